The van der Waals surface area contributed by atoms with Crippen LogP contribution in [0.4, 0.5) is 0 Å². The molecule has 0 bridgehead atoms. The highest BCUT2D eigenvalue weighted by atomic mass is 32.1. The molecular formula is C14H22N2OS. The molecule has 0 unspecified atom stereocenters. The number of aromatic nitrogens is 1. The van der Waals surface area contributed by atoms with E-state index < -0.39 is 0 Å². The Bertz CT molecular complexity index is 439. The van der Waals surface area contributed by atoms with Crippen molar-refractivity contribution >= 4 is 11.3 Å². The van der Waals surface area contributed by atoms with Crippen LogP contribution in [0.15, 0.2) is 5.38 Å². The van der Waals surface area contributed by atoms with Gasteiger partial charge in [0.15, 0.2) is 0 Å². The molecule has 2 aliphatic rings. The Morgan fingerprint density at radius 3 is 2.61 bits per heavy atom. The van der Waals surface area contributed by atoms with Crippen molar-refractivity contribution in [2.45, 2.75) is 51.2 Å². The van der Waals surface area contributed by atoms with E-state index in [2.05, 4.69) is 31.1 Å². The molecule has 0 radical (unpaired) electrons. The predicted molar refractivity (Wildman–Crippen MR) is 73.8 cm³/mol. The van der Waals surface area contributed by atoms with Gasteiger partial charge < -0.3 is 5.11 Å². The fourth-order valence-corrected chi connectivity index (χ4v) is 3.70. The van der Waals surface area contributed by atoms with Gasteiger partial charge in [0.25, 0.3) is 0 Å². The standard InChI is InChI=1S/C14H22N2OS/c1-13(2,3)11-7-18-12(15-11)6-16-8-14(17,9-16)10-4-5-10/h7,10,17H,4-6,8-9H2,1-3H3. The number of aliphatic hydroxyl groups is 1. The van der Waals surface area contributed by atoms with E-state index in [1.807, 2.05) is 0 Å². The van der Waals surface area contributed by atoms with Crippen molar-refractivity contribution in [3.63, 3.8) is 0 Å². The largest absolute Gasteiger partial charge is 0.387 e. The van der Waals surface area contributed by atoms with Crippen molar-refractivity contribution in [2.24, 2.45) is 5.92 Å². The van der Waals surface area contributed by atoms with Crippen molar-refractivity contribution in [3.8, 4) is 0 Å². The topological polar surface area (TPSA) is 36.4 Å². The lowest BCUT2D eigenvalue weighted by Crippen LogP contribution is -2.62. The molecular weight excluding hydrogens is 244 g/mol. The monoisotopic (exact) mass is 266 g/mol. The first-order chi connectivity index (χ1) is 8.37. The second-order valence-corrected chi connectivity index (χ2v) is 7.84. The van der Waals surface area contributed by atoms with Gasteiger partial charge in [-0.3, -0.25) is 4.90 Å². The van der Waals surface area contributed by atoms with E-state index in [-0.39, 0.29) is 11.0 Å². The first-order valence-electron chi connectivity index (χ1n) is 6.76. The molecule has 0 aromatic carbocycles. The van der Waals surface area contributed by atoms with Crippen LogP contribution < -0.4 is 0 Å². The summed E-state index contributed by atoms with van der Waals surface area (Å²) in [5.74, 6) is 0.579. The van der Waals surface area contributed by atoms with Gasteiger partial charge in [-0.05, 0) is 18.8 Å². The molecule has 1 aromatic heterocycles. The Balaban J connectivity index is 1.57. The summed E-state index contributed by atoms with van der Waals surface area (Å²) in [6.45, 7) is 9.16. The second kappa shape index (κ2) is 4.02. The summed E-state index contributed by atoms with van der Waals surface area (Å²) in [6.07, 6.45) is 2.44. The van der Waals surface area contributed by atoms with Crippen LogP contribution in [0.2, 0.25) is 0 Å². The smallest absolute Gasteiger partial charge is 0.107 e. The van der Waals surface area contributed by atoms with E-state index in [0.29, 0.717) is 5.92 Å². The lowest BCUT2D eigenvalue weighted by molar-refractivity contribution is -0.116. The number of thiazole rings is 1. The minimum Gasteiger partial charge on any atom is -0.387 e. The van der Waals surface area contributed by atoms with Crippen molar-refractivity contribution in [1.82, 2.24) is 9.88 Å². The molecule has 1 aliphatic heterocycles. The summed E-state index contributed by atoms with van der Waals surface area (Å²) in [4.78, 5) is 7.02. The number of hydrogen-bond donors (Lipinski definition) is 1. The Hall–Kier alpha value is -0.450. The van der Waals surface area contributed by atoms with E-state index in [4.69, 9.17) is 4.98 Å². The number of nitrogens with zero attached hydrogens (tertiary/aromatic N) is 2. The van der Waals surface area contributed by atoms with Crippen LogP contribution in [-0.4, -0.2) is 33.7 Å². The summed E-state index contributed by atoms with van der Waals surface area (Å²) >= 11 is 1.74. The molecule has 0 amide bonds. The normalized spacial score (nSPS) is 24.0. The maximum absolute atomic E-state index is 10.3. The zero-order valence-electron chi connectivity index (χ0n) is 11.4. The first kappa shape index (κ1) is 12.6. The number of rotatable bonds is 3. The Morgan fingerprint density at radius 2 is 2.11 bits per heavy atom. The van der Waals surface area contributed by atoms with Crippen LogP contribution >= 0.6 is 11.3 Å². The van der Waals surface area contributed by atoms with Crippen LogP contribution in [0, 0.1) is 5.92 Å². The molecule has 2 heterocycles. The van der Waals surface area contributed by atoms with Crippen molar-refractivity contribution < 1.29 is 5.11 Å². The summed E-state index contributed by atoms with van der Waals surface area (Å²) in [6, 6.07) is 0. The molecule has 1 saturated carbocycles. The number of likely N-dealkylation sites (tertiary alicyclic amines) is 1. The van der Waals surface area contributed by atoms with Gasteiger partial charge in [0.2, 0.25) is 0 Å². The fraction of sp³-hybridized carbons (Fsp3) is 0.786. The molecule has 0 spiro atoms. The van der Waals surface area contributed by atoms with E-state index in [9.17, 15) is 5.11 Å². The van der Waals surface area contributed by atoms with Gasteiger partial charge in [-0.1, -0.05) is 20.8 Å². The lowest BCUT2D eigenvalue weighted by Gasteiger charge is -2.46. The summed E-state index contributed by atoms with van der Waals surface area (Å²) in [5, 5.41) is 13.6. The third kappa shape index (κ3) is 2.33. The molecule has 1 N–H and O–H groups in total. The van der Waals surface area contributed by atoms with Crippen LogP contribution in [0.1, 0.15) is 44.3 Å². The third-order valence-corrected chi connectivity index (χ3v) is 4.84. The molecule has 18 heavy (non-hydrogen) atoms. The maximum atomic E-state index is 10.3. The molecule has 2 fully saturated rings. The Kier molecular flexibility index (Phi) is 2.81. The number of β-amino-alcohol motifs (C(OH)–C–C–N with tert-alkyl or cyclic N) is 1. The molecule has 1 aliphatic carbocycles. The molecule has 1 saturated heterocycles. The minimum atomic E-state index is -0.371. The average Bonchev–Trinajstić information content (AvgIpc) is 2.95. The zero-order valence-corrected chi connectivity index (χ0v) is 12.3. The fourth-order valence-electron chi connectivity index (χ4n) is 2.64. The van der Waals surface area contributed by atoms with E-state index in [0.717, 1.165) is 19.6 Å². The van der Waals surface area contributed by atoms with Gasteiger partial charge in [-0.2, -0.15) is 0 Å². The highest BCUT2D eigenvalue weighted by Crippen LogP contribution is 2.44. The van der Waals surface area contributed by atoms with Crippen LogP contribution in [-0.2, 0) is 12.0 Å². The van der Waals surface area contributed by atoms with Crippen molar-refractivity contribution in [3.05, 3.63) is 16.1 Å². The zero-order chi connectivity index (χ0) is 13.0. The van der Waals surface area contributed by atoms with E-state index in [1.54, 1.807) is 11.3 Å². The number of hydrogen-bond acceptors (Lipinski definition) is 4. The maximum Gasteiger partial charge on any atom is 0.107 e. The van der Waals surface area contributed by atoms with Gasteiger partial charge in [-0.15, -0.1) is 11.3 Å². The quantitative estimate of drug-likeness (QED) is 0.912. The Labute approximate surface area is 113 Å². The van der Waals surface area contributed by atoms with Crippen molar-refractivity contribution in [1.29, 1.82) is 0 Å². The Morgan fingerprint density at radius 1 is 1.44 bits per heavy atom. The average molecular weight is 266 g/mol. The first-order valence-corrected chi connectivity index (χ1v) is 7.64. The summed E-state index contributed by atoms with van der Waals surface area (Å²) < 4.78 is 0. The molecule has 0 atom stereocenters. The molecule has 4 heteroatoms. The van der Waals surface area contributed by atoms with Gasteiger partial charge >= 0.3 is 0 Å². The molecule has 100 valence electrons. The third-order valence-electron chi connectivity index (χ3n) is 4.01. The van der Waals surface area contributed by atoms with Gasteiger partial charge in [-0.25, -0.2) is 4.98 Å². The lowest BCUT2D eigenvalue weighted by atomic mass is 9.89. The predicted octanol–water partition coefficient (Wildman–Crippen LogP) is 2.40. The van der Waals surface area contributed by atoms with Gasteiger partial charge in [0.05, 0.1) is 17.8 Å². The SMILES string of the molecule is CC(C)(C)c1csc(CN2CC(O)(C3CC3)C2)n1. The van der Waals surface area contributed by atoms with E-state index in [1.165, 1.54) is 23.5 Å². The molecule has 1 aromatic rings. The van der Waals surface area contributed by atoms with Crippen LogP contribution in [0.25, 0.3) is 0 Å². The highest BCUT2D eigenvalue weighted by molar-refractivity contribution is 7.09. The van der Waals surface area contributed by atoms with Crippen LogP contribution in [0.3, 0.4) is 0 Å². The van der Waals surface area contributed by atoms with E-state index >= 15 is 0 Å². The second-order valence-electron chi connectivity index (χ2n) is 6.90. The van der Waals surface area contributed by atoms with Gasteiger partial charge in [0, 0.05) is 23.9 Å². The van der Waals surface area contributed by atoms with Crippen molar-refractivity contribution in [2.75, 3.05) is 13.1 Å². The molecule has 3 rings (SSSR count). The summed E-state index contributed by atoms with van der Waals surface area (Å²) in [7, 11) is 0. The molecule has 3 nitrogen and oxygen atoms in total. The highest BCUT2D eigenvalue weighted by Gasteiger charge is 2.51. The van der Waals surface area contributed by atoms with Crippen LogP contribution in [0.5, 0.6) is 0 Å². The summed E-state index contributed by atoms with van der Waals surface area (Å²) in [5.41, 5.74) is 0.947. The minimum absolute atomic E-state index is 0.137. The van der Waals surface area contributed by atoms with Gasteiger partial charge in [0.1, 0.15) is 5.01 Å².